The number of aromatic nitrogens is 1. The molecule has 10 heteroatoms. The molecule has 9 nitrogen and oxygen atoms in total. The molecule has 4 N–H and O–H groups in total. The normalized spacial score (nSPS) is 15.8. The van der Waals surface area contributed by atoms with Crippen LogP contribution in [0.1, 0.15) is 17.4 Å². The zero-order chi connectivity index (χ0) is 18.8. The largest absolute Gasteiger partial charge is 0.479 e. The van der Waals surface area contributed by atoms with Crippen molar-refractivity contribution in [2.45, 2.75) is 13.0 Å². The Morgan fingerprint density at radius 1 is 1.38 bits per heavy atom. The Morgan fingerprint density at radius 2 is 2.12 bits per heavy atom. The Balaban J connectivity index is 1.81. The Bertz CT molecular complexity index is 881. The zero-order valence-corrected chi connectivity index (χ0v) is 14.9. The van der Waals surface area contributed by atoms with Crippen LogP contribution in [0.3, 0.4) is 0 Å². The van der Waals surface area contributed by atoms with Crippen molar-refractivity contribution in [1.29, 1.82) is 0 Å². The topological polar surface area (TPSA) is 127 Å². The van der Waals surface area contributed by atoms with Crippen LogP contribution in [0.15, 0.2) is 24.3 Å². The lowest BCUT2D eigenvalue weighted by molar-refractivity contribution is -0.127. The number of anilines is 3. The summed E-state index contributed by atoms with van der Waals surface area (Å²) in [6.45, 7) is 1.39. The van der Waals surface area contributed by atoms with Crippen LogP contribution in [0.2, 0.25) is 0 Å². The molecular weight excluding hydrogens is 358 g/mol. The van der Waals surface area contributed by atoms with Gasteiger partial charge >= 0.3 is 0 Å². The maximum absolute atomic E-state index is 12.5. The summed E-state index contributed by atoms with van der Waals surface area (Å²) in [5.74, 6) is -1.02. The number of benzene rings is 1. The van der Waals surface area contributed by atoms with E-state index in [2.05, 4.69) is 15.6 Å². The smallest absolute Gasteiger partial charge is 0.270 e. The zero-order valence-electron chi connectivity index (χ0n) is 14.1. The number of carbonyl (C=O) groups excluding carboxylic acids is 3. The molecule has 1 aromatic carbocycles. The second-order valence-corrected chi connectivity index (χ2v) is 6.51. The Hall–Kier alpha value is -3.14. The van der Waals surface area contributed by atoms with E-state index in [0.29, 0.717) is 16.6 Å². The number of nitrogens with two attached hydrogens (primary N) is 1. The molecule has 3 rings (SSSR count). The van der Waals surface area contributed by atoms with Gasteiger partial charge in [-0.2, -0.15) is 0 Å². The van der Waals surface area contributed by atoms with Crippen molar-refractivity contribution >= 4 is 44.9 Å². The van der Waals surface area contributed by atoms with Gasteiger partial charge in [0.25, 0.3) is 11.8 Å². The van der Waals surface area contributed by atoms with E-state index in [1.807, 2.05) is 0 Å². The molecule has 26 heavy (non-hydrogen) atoms. The molecule has 0 radical (unpaired) electrons. The number of nitrogens with zero attached hydrogens (tertiary/aromatic N) is 2. The van der Waals surface area contributed by atoms with E-state index in [-0.39, 0.29) is 23.1 Å². The summed E-state index contributed by atoms with van der Waals surface area (Å²) >= 11 is 1.08. The summed E-state index contributed by atoms with van der Waals surface area (Å²) in [6.07, 6.45) is -0.696. The highest BCUT2D eigenvalue weighted by Crippen LogP contribution is 2.34. The molecule has 2 heterocycles. The van der Waals surface area contributed by atoms with Gasteiger partial charge in [0.05, 0.1) is 5.69 Å². The lowest BCUT2D eigenvalue weighted by Gasteiger charge is -2.32. The van der Waals surface area contributed by atoms with Crippen LogP contribution in [0.4, 0.5) is 15.8 Å². The minimum Gasteiger partial charge on any atom is -0.479 e. The standard InChI is InChI=1S/C16H17N5O4S/c1-8-15(24)21(9-5-3-4-6-10(9)25-8)7-11(22)19-14-12(13(17)23)20-16(18-2)26-14/h3-6,8H,7H2,1-2H3,(H2,17,23)(H,18,20)(H,19,22)/t8-/m0/s1. The number of thiazole rings is 1. The molecule has 136 valence electrons. The molecule has 1 aliphatic rings. The van der Waals surface area contributed by atoms with Crippen LogP contribution in [0.25, 0.3) is 0 Å². The third-order valence-corrected chi connectivity index (χ3v) is 4.69. The van der Waals surface area contributed by atoms with Crippen LogP contribution >= 0.6 is 11.3 Å². The van der Waals surface area contributed by atoms with Crippen molar-refractivity contribution in [2.75, 3.05) is 29.1 Å². The average molecular weight is 375 g/mol. The first-order chi connectivity index (χ1) is 12.4. The maximum Gasteiger partial charge on any atom is 0.270 e. The van der Waals surface area contributed by atoms with Crippen molar-refractivity contribution in [3.8, 4) is 5.75 Å². The molecule has 2 aromatic rings. The van der Waals surface area contributed by atoms with Gasteiger partial charge in [-0.05, 0) is 19.1 Å². The fourth-order valence-corrected chi connectivity index (χ4v) is 3.35. The summed E-state index contributed by atoms with van der Waals surface area (Å²) in [5, 5.41) is 6.06. The fraction of sp³-hybridized carbons (Fsp3) is 0.250. The average Bonchev–Trinajstić information content (AvgIpc) is 3.02. The number of ether oxygens (including phenoxy) is 1. The van der Waals surface area contributed by atoms with Gasteiger partial charge in [0, 0.05) is 7.05 Å². The van der Waals surface area contributed by atoms with Gasteiger partial charge in [0.15, 0.2) is 16.9 Å². The summed E-state index contributed by atoms with van der Waals surface area (Å²) in [7, 11) is 1.64. The lowest BCUT2D eigenvalue weighted by atomic mass is 10.2. The molecule has 0 unspecified atom stereocenters. The predicted octanol–water partition coefficient (Wildman–Crippen LogP) is 1.04. The molecule has 1 atom stereocenters. The van der Waals surface area contributed by atoms with E-state index < -0.39 is 17.9 Å². The molecule has 0 spiro atoms. The van der Waals surface area contributed by atoms with Gasteiger partial charge in [-0.25, -0.2) is 4.98 Å². The lowest BCUT2D eigenvalue weighted by Crippen LogP contribution is -2.47. The van der Waals surface area contributed by atoms with Gasteiger partial charge in [-0.15, -0.1) is 0 Å². The number of amides is 3. The van der Waals surface area contributed by atoms with E-state index >= 15 is 0 Å². The monoisotopic (exact) mass is 375 g/mol. The highest BCUT2D eigenvalue weighted by molar-refractivity contribution is 7.20. The van der Waals surface area contributed by atoms with Crippen molar-refractivity contribution in [3.63, 3.8) is 0 Å². The van der Waals surface area contributed by atoms with E-state index in [0.717, 1.165) is 11.3 Å². The highest BCUT2D eigenvalue weighted by atomic mass is 32.1. The second-order valence-electron chi connectivity index (χ2n) is 5.51. The molecule has 0 bridgehead atoms. The minimum atomic E-state index is -0.750. The van der Waals surface area contributed by atoms with Crippen LogP contribution in [-0.4, -0.2) is 42.4 Å². The van der Waals surface area contributed by atoms with E-state index in [4.69, 9.17) is 10.5 Å². The molecule has 1 aliphatic heterocycles. The summed E-state index contributed by atoms with van der Waals surface area (Å²) in [5.41, 5.74) is 5.77. The SMILES string of the molecule is CNc1nc(C(N)=O)c(NC(=O)CN2C(=O)[C@H](C)Oc3ccccc32)s1. The van der Waals surface area contributed by atoms with Gasteiger partial charge in [0.1, 0.15) is 17.3 Å². The number of primary amides is 1. The van der Waals surface area contributed by atoms with Crippen LogP contribution < -0.4 is 26.0 Å². The van der Waals surface area contributed by atoms with Crippen LogP contribution in [0, 0.1) is 0 Å². The number of hydrogen-bond acceptors (Lipinski definition) is 7. The predicted molar refractivity (Wildman–Crippen MR) is 97.7 cm³/mol. The number of rotatable bonds is 5. The first-order valence-corrected chi connectivity index (χ1v) is 8.57. The Kier molecular flexibility index (Phi) is 4.76. The number of para-hydroxylation sites is 2. The second kappa shape index (κ2) is 7.00. The minimum absolute atomic E-state index is 0.0326. The number of carbonyl (C=O) groups is 3. The van der Waals surface area contributed by atoms with Gasteiger partial charge in [0.2, 0.25) is 5.91 Å². The van der Waals surface area contributed by atoms with E-state index in [1.165, 1.54) is 4.90 Å². The quantitative estimate of drug-likeness (QED) is 0.717. The molecule has 0 fully saturated rings. The Labute approximate surface area is 153 Å². The van der Waals surface area contributed by atoms with Crippen molar-refractivity contribution in [1.82, 2.24) is 4.98 Å². The molecule has 0 saturated heterocycles. The first kappa shape index (κ1) is 17.7. The molecule has 0 aliphatic carbocycles. The molecule has 3 amide bonds. The third kappa shape index (κ3) is 3.31. The van der Waals surface area contributed by atoms with E-state index in [1.54, 1.807) is 38.2 Å². The van der Waals surface area contributed by atoms with Crippen molar-refractivity contribution in [2.24, 2.45) is 5.73 Å². The molecular formula is C16H17N5O4S. The van der Waals surface area contributed by atoms with Gasteiger partial charge in [-0.1, -0.05) is 23.5 Å². The Morgan fingerprint density at radius 3 is 2.81 bits per heavy atom. The van der Waals surface area contributed by atoms with Crippen LogP contribution in [0.5, 0.6) is 5.75 Å². The van der Waals surface area contributed by atoms with Gasteiger partial charge in [-0.3, -0.25) is 19.3 Å². The van der Waals surface area contributed by atoms with Crippen molar-refractivity contribution < 1.29 is 19.1 Å². The molecule has 0 saturated carbocycles. The molecule has 1 aromatic heterocycles. The first-order valence-electron chi connectivity index (χ1n) is 7.76. The number of fused-ring (bicyclic) bond motifs is 1. The van der Waals surface area contributed by atoms with Crippen molar-refractivity contribution in [3.05, 3.63) is 30.0 Å². The maximum atomic E-state index is 12.5. The summed E-state index contributed by atoms with van der Waals surface area (Å²) < 4.78 is 5.54. The summed E-state index contributed by atoms with van der Waals surface area (Å²) in [6, 6.07) is 6.98. The van der Waals surface area contributed by atoms with Crippen LogP contribution in [-0.2, 0) is 9.59 Å². The highest BCUT2D eigenvalue weighted by Gasteiger charge is 2.32. The van der Waals surface area contributed by atoms with E-state index in [9.17, 15) is 14.4 Å². The van der Waals surface area contributed by atoms with Gasteiger partial charge < -0.3 is 21.1 Å². The summed E-state index contributed by atoms with van der Waals surface area (Å²) in [4.78, 5) is 41.8. The number of nitrogens with one attached hydrogen (secondary N) is 2. The number of hydrogen-bond donors (Lipinski definition) is 3. The fourth-order valence-electron chi connectivity index (χ4n) is 2.51. The third-order valence-electron chi connectivity index (χ3n) is 3.70.